The highest BCUT2D eigenvalue weighted by Gasteiger charge is 2.31. The number of aliphatic imine (C=N–C) groups is 1. The van der Waals surface area contributed by atoms with E-state index in [1.54, 1.807) is 32.2 Å². The number of aryl methyl sites for hydroxylation is 1. The predicted molar refractivity (Wildman–Crippen MR) is 116 cm³/mol. The molecule has 3 rings (SSSR count). The lowest BCUT2D eigenvalue weighted by atomic mass is 10.1. The molecule has 0 saturated carbocycles. The maximum Gasteiger partial charge on any atom is 0.573 e. The number of thioether (sulfide) groups is 1. The van der Waals surface area contributed by atoms with Crippen LogP contribution in [0.4, 0.5) is 18.9 Å². The fraction of sp³-hybridized carbons (Fsp3) is 0.318. The second-order valence-corrected chi connectivity index (χ2v) is 8.77. The summed E-state index contributed by atoms with van der Waals surface area (Å²) in [6.07, 6.45) is -1.17. The van der Waals surface area contributed by atoms with E-state index in [9.17, 15) is 18.3 Å². The average Bonchev–Trinajstić information content (AvgIpc) is 2.67. The third-order valence-electron chi connectivity index (χ3n) is 4.13. The molecule has 9 heteroatoms. The van der Waals surface area contributed by atoms with Gasteiger partial charge in [0.15, 0.2) is 0 Å². The molecule has 0 fully saturated rings. The molecule has 1 N–H and O–H groups in total. The van der Waals surface area contributed by atoms with Gasteiger partial charge in [-0.15, -0.1) is 13.2 Å². The zero-order valence-corrected chi connectivity index (χ0v) is 18.1. The summed E-state index contributed by atoms with van der Waals surface area (Å²) in [5, 5.41) is 10.6. The van der Waals surface area contributed by atoms with Crippen molar-refractivity contribution in [1.29, 1.82) is 0 Å². The Hall–Kier alpha value is -2.65. The van der Waals surface area contributed by atoms with Gasteiger partial charge in [-0.25, -0.2) is 0 Å². The number of ether oxygens (including phenoxy) is 2. The molecule has 0 aromatic heterocycles. The summed E-state index contributed by atoms with van der Waals surface area (Å²) >= 11 is 1.38. The fourth-order valence-electron chi connectivity index (χ4n) is 2.75. The van der Waals surface area contributed by atoms with Gasteiger partial charge in [0.1, 0.15) is 18.1 Å². The van der Waals surface area contributed by atoms with Crippen LogP contribution in [-0.2, 0) is 0 Å². The van der Waals surface area contributed by atoms with Gasteiger partial charge in [0, 0.05) is 23.0 Å². The number of aliphatic hydroxyl groups is 1. The van der Waals surface area contributed by atoms with Crippen molar-refractivity contribution in [3.63, 3.8) is 0 Å². The minimum Gasteiger partial charge on any atom is -0.490 e. The molecule has 0 aliphatic carbocycles. The molecule has 1 aliphatic rings. The van der Waals surface area contributed by atoms with Crippen molar-refractivity contribution >= 4 is 22.5 Å². The Labute approximate surface area is 183 Å². The molecule has 0 spiro atoms. The van der Waals surface area contributed by atoms with Crippen LogP contribution in [-0.4, -0.2) is 35.3 Å². The van der Waals surface area contributed by atoms with Gasteiger partial charge in [0.05, 0.1) is 17.2 Å². The molecule has 0 unspecified atom stereocenters. The molecule has 0 atom stereocenters. The lowest BCUT2D eigenvalue weighted by Gasteiger charge is -2.25. The van der Waals surface area contributed by atoms with Gasteiger partial charge < -0.3 is 19.5 Å². The number of hydrogen-bond donors (Lipinski definition) is 1. The van der Waals surface area contributed by atoms with Gasteiger partial charge in [-0.1, -0.05) is 11.8 Å². The topological polar surface area (TPSA) is 54.3 Å². The highest BCUT2D eigenvalue weighted by molar-refractivity contribution is 8.14. The number of hydrogen-bond acceptors (Lipinski definition) is 6. The SMILES string of the molecule is Cc1cc(N2C=CN=C(Sc3ccc(OC(F)(F)F)cc3)C2)ccc1OCC(C)(C)O. The number of nitrogens with zero attached hydrogens (tertiary/aromatic N) is 2. The summed E-state index contributed by atoms with van der Waals surface area (Å²) in [6.45, 7) is 6.02. The second kappa shape index (κ2) is 9.23. The predicted octanol–water partition coefficient (Wildman–Crippen LogP) is 5.53. The van der Waals surface area contributed by atoms with Crippen molar-refractivity contribution in [2.45, 2.75) is 37.6 Å². The summed E-state index contributed by atoms with van der Waals surface area (Å²) in [6, 6.07) is 11.5. The van der Waals surface area contributed by atoms with Crippen molar-refractivity contribution in [3.05, 3.63) is 60.4 Å². The Morgan fingerprint density at radius 1 is 1.13 bits per heavy atom. The third kappa shape index (κ3) is 7.22. The van der Waals surface area contributed by atoms with E-state index in [-0.39, 0.29) is 12.4 Å². The van der Waals surface area contributed by atoms with Gasteiger partial charge in [-0.3, -0.25) is 4.99 Å². The lowest BCUT2D eigenvalue weighted by molar-refractivity contribution is -0.274. The maximum atomic E-state index is 12.3. The first-order valence-electron chi connectivity index (χ1n) is 9.48. The Balaban J connectivity index is 1.62. The van der Waals surface area contributed by atoms with E-state index in [0.29, 0.717) is 12.3 Å². The van der Waals surface area contributed by atoms with Crippen molar-refractivity contribution in [1.82, 2.24) is 0 Å². The quantitative estimate of drug-likeness (QED) is 0.625. The monoisotopic (exact) mass is 452 g/mol. The van der Waals surface area contributed by atoms with Crippen LogP contribution in [0.25, 0.3) is 0 Å². The Bertz CT molecular complexity index is 967. The summed E-state index contributed by atoms with van der Waals surface area (Å²) in [5.41, 5.74) is 0.971. The molecule has 1 aliphatic heterocycles. The molecule has 2 aromatic rings. The van der Waals surface area contributed by atoms with Crippen LogP contribution in [0.5, 0.6) is 11.5 Å². The van der Waals surface area contributed by atoms with Crippen LogP contribution < -0.4 is 14.4 Å². The Kier molecular flexibility index (Phi) is 6.86. The standard InChI is InChI=1S/C22H23F3N2O3S/c1-15-12-16(4-9-19(15)29-14-21(2,3)28)27-11-10-26-20(13-27)31-18-7-5-17(6-8-18)30-22(23,24)25/h4-12,28H,13-14H2,1-3H3. The van der Waals surface area contributed by atoms with Gasteiger partial charge >= 0.3 is 6.36 Å². The lowest BCUT2D eigenvalue weighted by Crippen LogP contribution is -2.28. The first-order chi connectivity index (χ1) is 14.5. The number of rotatable bonds is 6. The number of alkyl halides is 3. The van der Waals surface area contributed by atoms with Crippen LogP contribution >= 0.6 is 11.8 Å². The van der Waals surface area contributed by atoms with Crippen LogP contribution in [0.15, 0.2) is 64.8 Å². The van der Waals surface area contributed by atoms with E-state index in [2.05, 4.69) is 9.73 Å². The maximum absolute atomic E-state index is 12.3. The van der Waals surface area contributed by atoms with E-state index < -0.39 is 12.0 Å². The first kappa shape index (κ1) is 23.0. The van der Waals surface area contributed by atoms with E-state index >= 15 is 0 Å². The molecule has 2 aromatic carbocycles. The molecular weight excluding hydrogens is 429 g/mol. The van der Waals surface area contributed by atoms with Crippen LogP contribution in [0, 0.1) is 6.92 Å². The van der Waals surface area contributed by atoms with Crippen LogP contribution in [0.3, 0.4) is 0 Å². The first-order valence-corrected chi connectivity index (χ1v) is 10.3. The second-order valence-electron chi connectivity index (χ2n) is 7.62. The van der Waals surface area contributed by atoms with Crippen molar-refractivity contribution in [2.75, 3.05) is 18.1 Å². The van der Waals surface area contributed by atoms with E-state index in [0.717, 1.165) is 21.2 Å². The fourth-order valence-corrected chi connectivity index (χ4v) is 3.61. The van der Waals surface area contributed by atoms with Crippen molar-refractivity contribution in [2.24, 2.45) is 4.99 Å². The van der Waals surface area contributed by atoms with Crippen LogP contribution in [0.2, 0.25) is 0 Å². The number of halogens is 3. The number of anilines is 1. The number of benzene rings is 2. The minimum absolute atomic E-state index is 0.192. The van der Waals surface area contributed by atoms with Gasteiger partial charge in [0.25, 0.3) is 0 Å². The molecule has 31 heavy (non-hydrogen) atoms. The zero-order valence-electron chi connectivity index (χ0n) is 17.3. The Morgan fingerprint density at radius 2 is 1.84 bits per heavy atom. The normalized spacial score (nSPS) is 14.4. The van der Waals surface area contributed by atoms with Gasteiger partial charge in [0.2, 0.25) is 0 Å². The van der Waals surface area contributed by atoms with Crippen molar-refractivity contribution < 1.29 is 27.8 Å². The molecule has 0 radical (unpaired) electrons. The van der Waals surface area contributed by atoms with Gasteiger partial charge in [-0.05, 0) is 68.8 Å². The molecule has 166 valence electrons. The Morgan fingerprint density at radius 3 is 2.45 bits per heavy atom. The molecule has 0 bridgehead atoms. The molecular formula is C22H23F3N2O3S. The zero-order chi connectivity index (χ0) is 22.6. The van der Waals surface area contributed by atoms with Gasteiger partial charge in [-0.2, -0.15) is 0 Å². The molecule has 0 saturated heterocycles. The highest BCUT2D eigenvalue weighted by atomic mass is 32.2. The summed E-state index contributed by atoms with van der Waals surface area (Å²) in [4.78, 5) is 7.15. The minimum atomic E-state index is -4.71. The smallest absolute Gasteiger partial charge is 0.490 e. The van der Waals surface area contributed by atoms with Crippen molar-refractivity contribution in [3.8, 4) is 11.5 Å². The summed E-state index contributed by atoms with van der Waals surface area (Å²) in [5.74, 6) is 0.447. The molecule has 0 amide bonds. The van der Waals surface area contributed by atoms with E-state index in [1.807, 2.05) is 36.2 Å². The summed E-state index contributed by atoms with van der Waals surface area (Å²) < 4.78 is 46.4. The highest BCUT2D eigenvalue weighted by Crippen LogP contribution is 2.30. The molecule has 5 nitrogen and oxygen atoms in total. The van der Waals surface area contributed by atoms with E-state index in [1.165, 1.54) is 23.9 Å². The summed E-state index contributed by atoms with van der Waals surface area (Å²) in [7, 11) is 0. The van der Waals surface area contributed by atoms with Crippen LogP contribution in [0.1, 0.15) is 19.4 Å². The molecule has 1 heterocycles. The van der Waals surface area contributed by atoms with E-state index in [4.69, 9.17) is 4.74 Å². The third-order valence-corrected chi connectivity index (χ3v) is 5.11. The average molecular weight is 452 g/mol. The largest absolute Gasteiger partial charge is 0.573 e.